The number of benzene rings is 7. The fraction of sp³-hybridized carbons (Fsp3) is 0.154. The van der Waals surface area contributed by atoms with E-state index in [1.807, 2.05) is 0 Å². The molecule has 2 aromatic heterocycles. The molecule has 0 radical (unpaired) electrons. The number of hydrogen-bond acceptors (Lipinski definition) is 2. The molecule has 9 aromatic rings. The van der Waals surface area contributed by atoms with Gasteiger partial charge in [0.15, 0.2) is 0 Å². The Labute approximate surface area is 341 Å². The molecule has 0 aliphatic carbocycles. The molecule has 57 heavy (non-hydrogen) atoms. The number of hydrogen-bond donors (Lipinski definition) is 0. The van der Waals surface area contributed by atoms with E-state index >= 15 is 0 Å². The van der Waals surface area contributed by atoms with Crippen molar-refractivity contribution < 1.29 is 0 Å². The Morgan fingerprint density at radius 2 is 0.965 bits per heavy atom. The van der Waals surface area contributed by atoms with Crippen molar-refractivity contribution in [1.29, 1.82) is 0 Å². The predicted molar refractivity (Wildman–Crippen MR) is 247 cm³/mol. The number of para-hydroxylation sites is 2. The summed E-state index contributed by atoms with van der Waals surface area (Å²) in [6.07, 6.45) is 0. The van der Waals surface area contributed by atoms with Crippen molar-refractivity contribution in [1.82, 2.24) is 4.57 Å². The van der Waals surface area contributed by atoms with Gasteiger partial charge in [-0.15, -0.1) is 0 Å². The first-order chi connectivity index (χ1) is 27.6. The third-order valence-electron chi connectivity index (χ3n) is 12.3. The van der Waals surface area contributed by atoms with Gasteiger partial charge in [-0.3, -0.25) is 0 Å². The van der Waals surface area contributed by atoms with Crippen LogP contribution in [0.1, 0.15) is 52.7 Å². The Bertz CT molecular complexity index is 2990. The zero-order valence-electron chi connectivity index (χ0n) is 33.3. The topological polar surface area (TPSA) is 11.4 Å². The molecule has 3 nitrogen and oxygen atoms in total. The second-order valence-electron chi connectivity index (χ2n) is 17.8. The van der Waals surface area contributed by atoms with Crippen molar-refractivity contribution in [3.05, 3.63) is 169 Å². The molecule has 2 aliphatic rings. The molecule has 11 rings (SSSR count). The Morgan fingerprint density at radius 3 is 1.56 bits per heavy atom. The van der Waals surface area contributed by atoms with Crippen molar-refractivity contribution >= 4 is 102 Å². The Hall–Kier alpha value is -5.74. The van der Waals surface area contributed by atoms with Gasteiger partial charge in [0, 0.05) is 0 Å². The van der Waals surface area contributed by atoms with Crippen LogP contribution in [-0.2, 0) is 10.8 Å². The van der Waals surface area contributed by atoms with E-state index in [4.69, 9.17) is 0 Å². The first kappa shape index (κ1) is 34.5. The van der Waals surface area contributed by atoms with Crippen LogP contribution in [0.2, 0.25) is 0 Å². The molecule has 4 heterocycles. The minimum atomic E-state index is 0.0600. The molecule has 0 unspecified atom stereocenters. The van der Waals surface area contributed by atoms with Crippen LogP contribution >= 0.6 is 0 Å². The normalized spacial score (nSPS) is 13.7. The zero-order valence-corrected chi connectivity index (χ0v) is 35.1. The van der Waals surface area contributed by atoms with E-state index in [0.717, 1.165) is 0 Å². The Morgan fingerprint density at radius 1 is 0.456 bits per heavy atom. The van der Waals surface area contributed by atoms with Gasteiger partial charge in [-0.1, -0.05) is 0 Å². The first-order valence-corrected chi connectivity index (χ1v) is 21.9. The molecule has 0 spiro atoms. The summed E-state index contributed by atoms with van der Waals surface area (Å²) in [7, 11) is 0. The van der Waals surface area contributed by atoms with E-state index in [2.05, 4.69) is 214 Å². The van der Waals surface area contributed by atoms with Gasteiger partial charge in [-0.05, 0) is 0 Å². The maximum absolute atomic E-state index is 2.59. The summed E-state index contributed by atoms with van der Waals surface area (Å²) in [5.41, 5.74) is 16.7. The summed E-state index contributed by atoms with van der Waals surface area (Å²) < 4.78 is 5.46. The molecule has 0 bridgehead atoms. The summed E-state index contributed by atoms with van der Waals surface area (Å²) in [6, 6.07) is 59.8. The number of rotatable bonds is 3. The first-order valence-electron chi connectivity index (χ1n) is 20.1. The van der Waals surface area contributed by atoms with Crippen molar-refractivity contribution in [2.75, 3.05) is 9.80 Å². The van der Waals surface area contributed by atoms with Crippen LogP contribution in [-0.4, -0.2) is 25.8 Å². The number of nitrogens with zero attached hydrogens (tertiary/aromatic N) is 3. The summed E-state index contributed by atoms with van der Waals surface area (Å²) >= 11 is 0.157. The molecule has 0 N–H and O–H groups in total. The average Bonchev–Trinajstić information content (AvgIpc) is 3.76. The Balaban J connectivity index is 1.20. The van der Waals surface area contributed by atoms with Gasteiger partial charge in [0.1, 0.15) is 0 Å². The average molecular weight is 801 g/mol. The molecule has 0 fully saturated rings. The fourth-order valence-electron chi connectivity index (χ4n) is 9.46. The summed E-state index contributed by atoms with van der Waals surface area (Å²) in [6.45, 7) is 13.9. The van der Waals surface area contributed by atoms with Crippen LogP contribution < -0.4 is 25.1 Å². The standard InChI is InChI=1S/C52H44BN3Se/c1-51(2,3)33-22-26-35(27-23-33)54-44-19-13-20-45-48(44)53(41-31-30-37(32-46(41)54)55-42-17-10-7-14-38(42)39-15-8-11-18-43(39)55)50-49(40-16-9-12-21-47(40)57-50)56(45)36-28-24-34(25-29-36)52(4,5)6/h7-32H,1-6H3. The van der Waals surface area contributed by atoms with Gasteiger partial charge >= 0.3 is 343 Å². The predicted octanol–water partition coefficient (Wildman–Crippen LogP) is 11.7. The molecule has 0 saturated carbocycles. The van der Waals surface area contributed by atoms with Crippen molar-refractivity contribution in [3.8, 4) is 5.69 Å². The van der Waals surface area contributed by atoms with Gasteiger partial charge in [0.05, 0.1) is 0 Å². The van der Waals surface area contributed by atoms with Gasteiger partial charge in [0.25, 0.3) is 0 Å². The second-order valence-corrected chi connectivity index (χ2v) is 20.1. The second kappa shape index (κ2) is 12.4. The molecule has 0 atom stereocenters. The summed E-state index contributed by atoms with van der Waals surface area (Å²) in [4.78, 5) is 5.14. The Kier molecular flexibility index (Phi) is 7.50. The van der Waals surface area contributed by atoms with Crippen LogP contribution in [0.15, 0.2) is 158 Å². The van der Waals surface area contributed by atoms with Crippen LogP contribution in [0.25, 0.3) is 37.1 Å². The quantitative estimate of drug-likeness (QED) is 0.165. The number of anilines is 6. The number of aromatic nitrogens is 1. The molecule has 0 amide bonds. The zero-order chi connectivity index (χ0) is 38.8. The van der Waals surface area contributed by atoms with Crippen LogP contribution in [0.4, 0.5) is 34.1 Å². The van der Waals surface area contributed by atoms with Gasteiger partial charge in [0.2, 0.25) is 0 Å². The van der Waals surface area contributed by atoms with Crippen LogP contribution in [0.3, 0.4) is 0 Å². The molecule has 276 valence electrons. The van der Waals surface area contributed by atoms with Crippen molar-refractivity contribution in [2.24, 2.45) is 0 Å². The molecule has 7 aromatic carbocycles. The van der Waals surface area contributed by atoms with E-state index in [1.54, 1.807) is 0 Å². The molecule has 5 heteroatoms. The van der Waals surface area contributed by atoms with Crippen LogP contribution in [0.5, 0.6) is 0 Å². The van der Waals surface area contributed by atoms with E-state index in [1.165, 1.54) is 97.7 Å². The van der Waals surface area contributed by atoms with E-state index < -0.39 is 0 Å². The summed E-state index contributed by atoms with van der Waals surface area (Å²) in [5.74, 6) is 0. The maximum atomic E-state index is 2.59. The van der Waals surface area contributed by atoms with Gasteiger partial charge in [-0.25, -0.2) is 0 Å². The number of fused-ring (bicyclic) bond motifs is 9. The monoisotopic (exact) mass is 801 g/mol. The van der Waals surface area contributed by atoms with Crippen LogP contribution in [0, 0.1) is 0 Å². The van der Waals surface area contributed by atoms with E-state index in [9.17, 15) is 0 Å². The third-order valence-corrected chi connectivity index (χ3v) is 14.9. The fourth-order valence-corrected chi connectivity index (χ4v) is 12.2. The van der Waals surface area contributed by atoms with Gasteiger partial charge in [-0.2, -0.15) is 0 Å². The SMILES string of the molecule is CC(C)(C)c1ccc(N2c3cc(-n4c5ccccc5c5ccccc54)ccc3B3c4[se]c5ccccc5c4N(c4ccc(C(C)(C)C)cc4)c4cccc2c43)cc1. The molecular formula is C52H44BN3Se. The van der Waals surface area contributed by atoms with E-state index in [0.29, 0.717) is 0 Å². The van der Waals surface area contributed by atoms with Gasteiger partial charge < -0.3 is 0 Å². The molecular weight excluding hydrogens is 756 g/mol. The molecule has 0 saturated heterocycles. The minimum absolute atomic E-state index is 0.0600. The van der Waals surface area contributed by atoms with E-state index in [-0.39, 0.29) is 32.0 Å². The molecule has 2 aliphatic heterocycles. The van der Waals surface area contributed by atoms with Crippen molar-refractivity contribution in [3.63, 3.8) is 0 Å². The van der Waals surface area contributed by atoms with Crippen molar-refractivity contribution in [2.45, 2.75) is 52.4 Å². The summed E-state index contributed by atoms with van der Waals surface area (Å²) in [5, 5.41) is 3.92. The third kappa shape index (κ3) is 5.19.